The van der Waals surface area contributed by atoms with E-state index in [-0.39, 0.29) is 5.82 Å². The molecule has 0 saturated carbocycles. The maximum atomic E-state index is 13.5. The zero-order valence-corrected chi connectivity index (χ0v) is 9.38. The highest BCUT2D eigenvalue weighted by atomic mass is 79.9. The van der Waals surface area contributed by atoms with Crippen LogP contribution in [0.1, 0.15) is 12.6 Å². The van der Waals surface area contributed by atoms with Crippen molar-refractivity contribution in [2.24, 2.45) is 0 Å². The lowest BCUT2D eigenvalue weighted by molar-refractivity contribution is 0.631. The summed E-state index contributed by atoms with van der Waals surface area (Å²) in [6.45, 7) is 2.75. The molecule has 0 aliphatic rings. The predicted molar refractivity (Wildman–Crippen MR) is 58.0 cm³/mol. The van der Waals surface area contributed by atoms with E-state index in [2.05, 4.69) is 21.0 Å². The average Bonchev–Trinajstić information content (AvgIpc) is 2.56. The Bertz CT molecular complexity index is 464. The quantitative estimate of drug-likeness (QED) is 0.756. The number of benzene rings is 1. The molecule has 4 heteroatoms. The monoisotopic (exact) mass is 256 g/mol. The third-order valence-corrected chi connectivity index (χ3v) is 2.78. The van der Waals surface area contributed by atoms with Crippen LogP contribution in [0, 0.1) is 5.82 Å². The molecule has 0 atom stereocenters. The molecule has 1 heterocycles. The summed E-state index contributed by atoms with van der Waals surface area (Å²) in [5.74, 6) is -0.198. The van der Waals surface area contributed by atoms with Crippen LogP contribution in [0.25, 0.3) is 10.9 Å². The zero-order chi connectivity index (χ0) is 10.1. The summed E-state index contributed by atoms with van der Waals surface area (Å²) in [6, 6.07) is 4.98. The van der Waals surface area contributed by atoms with E-state index in [0.29, 0.717) is 10.7 Å². The summed E-state index contributed by atoms with van der Waals surface area (Å²) in [6.07, 6.45) is 0. The zero-order valence-electron chi connectivity index (χ0n) is 7.80. The smallest absolute Gasteiger partial charge is 0.134 e. The van der Waals surface area contributed by atoms with Crippen molar-refractivity contribution in [1.29, 1.82) is 0 Å². The first kappa shape index (κ1) is 9.65. The highest BCUT2D eigenvalue weighted by Crippen LogP contribution is 2.23. The number of alkyl halides is 1. The lowest BCUT2D eigenvalue weighted by atomic mass is 10.2. The van der Waals surface area contributed by atoms with Crippen molar-refractivity contribution in [2.75, 3.05) is 0 Å². The first-order valence-corrected chi connectivity index (χ1v) is 5.60. The van der Waals surface area contributed by atoms with Gasteiger partial charge in [0.15, 0.2) is 0 Å². The first-order chi connectivity index (χ1) is 6.77. The molecule has 2 aromatic rings. The number of halogens is 2. The number of aromatic nitrogens is 2. The molecule has 0 fully saturated rings. The van der Waals surface area contributed by atoms with E-state index in [1.54, 1.807) is 6.07 Å². The third kappa shape index (κ3) is 1.34. The van der Waals surface area contributed by atoms with Crippen molar-refractivity contribution < 1.29 is 4.39 Å². The maximum absolute atomic E-state index is 13.5. The van der Waals surface area contributed by atoms with E-state index < -0.39 is 0 Å². The Kier molecular flexibility index (Phi) is 2.54. The number of hydrogen-bond acceptors (Lipinski definition) is 1. The minimum atomic E-state index is -0.198. The Morgan fingerprint density at radius 2 is 2.29 bits per heavy atom. The molecule has 1 aromatic heterocycles. The van der Waals surface area contributed by atoms with Gasteiger partial charge in [-0.1, -0.05) is 22.0 Å². The molecular formula is C10H10BrFN2. The summed E-state index contributed by atoms with van der Waals surface area (Å²) in [5, 5.41) is 5.56. The number of fused-ring (bicyclic) bond motifs is 1. The standard InChI is InChI=1S/C10H10BrFN2/c1-2-14-9(6-11)10-7(12)4-3-5-8(10)13-14/h3-5H,2,6H2,1H3. The van der Waals surface area contributed by atoms with Crippen molar-refractivity contribution >= 4 is 26.8 Å². The van der Waals surface area contributed by atoms with Gasteiger partial charge in [0.1, 0.15) is 5.82 Å². The lowest BCUT2D eigenvalue weighted by Gasteiger charge is -2.00. The summed E-state index contributed by atoms with van der Waals surface area (Å²) in [4.78, 5) is 0. The van der Waals surface area contributed by atoms with Crippen LogP contribution in [0.4, 0.5) is 4.39 Å². The molecule has 0 spiro atoms. The van der Waals surface area contributed by atoms with Gasteiger partial charge in [-0.05, 0) is 19.1 Å². The molecule has 2 nitrogen and oxygen atoms in total. The minimum absolute atomic E-state index is 0.198. The van der Waals surface area contributed by atoms with Crippen LogP contribution < -0.4 is 0 Å². The molecule has 0 bridgehead atoms. The summed E-state index contributed by atoms with van der Waals surface area (Å²) >= 11 is 3.36. The lowest BCUT2D eigenvalue weighted by Crippen LogP contribution is -2.00. The molecule has 74 valence electrons. The summed E-state index contributed by atoms with van der Waals surface area (Å²) in [7, 11) is 0. The average molecular weight is 257 g/mol. The van der Waals surface area contributed by atoms with Gasteiger partial charge in [-0.15, -0.1) is 0 Å². The van der Waals surface area contributed by atoms with E-state index in [1.807, 2.05) is 17.7 Å². The number of hydrogen-bond donors (Lipinski definition) is 0. The van der Waals surface area contributed by atoms with Gasteiger partial charge in [-0.2, -0.15) is 5.10 Å². The van der Waals surface area contributed by atoms with Crippen molar-refractivity contribution in [3.05, 3.63) is 29.7 Å². The second kappa shape index (κ2) is 3.69. The van der Waals surface area contributed by atoms with E-state index in [0.717, 1.165) is 17.8 Å². The first-order valence-electron chi connectivity index (χ1n) is 4.47. The fourth-order valence-corrected chi connectivity index (χ4v) is 2.17. The normalized spacial score (nSPS) is 11.1. The van der Waals surface area contributed by atoms with Gasteiger partial charge in [-0.25, -0.2) is 4.39 Å². The Morgan fingerprint density at radius 1 is 1.50 bits per heavy atom. The van der Waals surface area contributed by atoms with Crippen LogP contribution in [-0.4, -0.2) is 9.78 Å². The van der Waals surface area contributed by atoms with E-state index >= 15 is 0 Å². The molecule has 2 rings (SSSR count). The van der Waals surface area contributed by atoms with Crippen LogP contribution in [0.2, 0.25) is 0 Å². The molecular weight excluding hydrogens is 247 g/mol. The van der Waals surface area contributed by atoms with Crippen molar-refractivity contribution in [3.8, 4) is 0 Å². The minimum Gasteiger partial charge on any atom is -0.268 e. The topological polar surface area (TPSA) is 17.8 Å². The van der Waals surface area contributed by atoms with Gasteiger partial charge in [0.25, 0.3) is 0 Å². The Hall–Kier alpha value is -0.900. The van der Waals surface area contributed by atoms with Crippen LogP contribution >= 0.6 is 15.9 Å². The molecule has 0 aliphatic heterocycles. The van der Waals surface area contributed by atoms with E-state index in [4.69, 9.17) is 0 Å². The highest BCUT2D eigenvalue weighted by Gasteiger charge is 2.12. The van der Waals surface area contributed by atoms with E-state index in [9.17, 15) is 4.39 Å². The molecule has 14 heavy (non-hydrogen) atoms. The molecule has 1 aromatic carbocycles. The van der Waals surface area contributed by atoms with Gasteiger partial charge in [0.2, 0.25) is 0 Å². The summed E-state index contributed by atoms with van der Waals surface area (Å²) < 4.78 is 15.3. The van der Waals surface area contributed by atoms with Crippen LogP contribution in [0.5, 0.6) is 0 Å². The fourth-order valence-electron chi connectivity index (χ4n) is 1.60. The number of rotatable bonds is 2. The molecule has 0 amide bonds. The van der Waals surface area contributed by atoms with Gasteiger partial charge < -0.3 is 0 Å². The Labute approximate surface area is 89.8 Å². The molecule has 0 unspecified atom stereocenters. The fraction of sp³-hybridized carbons (Fsp3) is 0.300. The van der Waals surface area contributed by atoms with Gasteiger partial charge >= 0.3 is 0 Å². The molecule has 0 radical (unpaired) electrons. The Morgan fingerprint density at radius 3 is 2.93 bits per heavy atom. The summed E-state index contributed by atoms with van der Waals surface area (Å²) in [5.41, 5.74) is 1.63. The van der Waals surface area contributed by atoms with Crippen molar-refractivity contribution in [3.63, 3.8) is 0 Å². The van der Waals surface area contributed by atoms with Crippen molar-refractivity contribution in [2.45, 2.75) is 18.8 Å². The van der Waals surface area contributed by atoms with Crippen LogP contribution in [0.3, 0.4) is 0 Å². The number of aryl methyl sites for hydroxylation is 1. The second-order valence-corrected chi connectivity index (χ2v) is 3.59. The second-order valence-electron chi connectivity index (χ2n) is 3.03. The van der Waals surface area contributed by atoms with Gasteiger partial charge in [0, 0.05) is 11.9 Å². The third-order valence-electron chi connectivity index (χ3n) is 2.25. The largest absolute Gasteiger partial charge is 0.268 e. The van der Waals surface area contributed by atoms with E-state index in [1.165, 1.54) is 6.07 Å². The Balaban J connectivity index is 2.81. The van der Waals surface area contributed by atoms with Gasteiger partial charge in [-0.3, -0.25) is 4.68 Å². The van der Waals surface area contributed by atoms with Crippen LogP contribution in [0.15, 0.2) is 18.2 Å². The van der Waals surface area contributed by atoms with Crippen molar-refractivity contribution in [1.82, 2.24) is 9.78 Å². The molecule has 0 saturated heterocycles. The SMILES string of the molecule is CCn1nc2cccc(F)c2c1CBr. The molecule has 0 aliphatic carbocycles. The van der Waals surface area contributed by atoms with Gasteiger partial charge in [0.05, 0.1) is 16.6 Å². The molecule has 0 N–H and O–H groups in total. The highest BCUT2D eigenvalue weighted by molar-refractivity contribution is 9.08. The number of nitrogens with zero attached hydrogens (tertiary/aromatic N) is 2. The predicted octanol–water partition coefficient (Wildman–Crippen LogP) is 3.09. The maximum Gasteiger partial charge on any atom is 0.134 e. The van der Waals surface area contributed by atoms with Crippen LogP contribution in [-0.2, 0) is 11.9 Å².